The highest BCUT2D eigenvalue weighted by molar-refractivity contribution is 5.86. The average molecular weight is 256 g/mol. The van der Waals surface area contributed by atoms with Crippen LogP contribution in [0.1, 0.15) is 58.3 Å². The van der Waals surface area contributed by atoms with E-state index < -0.39 is 0 Å². The quantitative estimate of drug-likeness (QED) is 0.302. The third kappa shape index (κ3) is 11.6. The molecule has 3 nitrogen and oxygen atoms in total. The van der Waals surface area contributed by atoms with E-state index in [4.69, 9.17) is 9.47 Å². The summed E-state index contributed by atoms with van der Waals surface area (Å²) in [5.41, 5.74) is 0.478. The molecule has 0 amide bonds. The van der Waals surface area contributed by atoms with Gasteiger partial charge in [0.1, 0.15) is 0 Å². The summed E-state index contributed by atoms with van der Waals surface area (Å²) in [6.07, 6.45) is 9.65. The van der Waals surface area contributed by atoms with Crippen LogP contribution in [0.3, 0.4) is 0 Å². The Hall–Kier alpha value is -0.830. The summed E-state index contributed by atoms with van der Waals surface area (Å²) < 4.78 is 10.0. The lowest BCUT2D eigenvalue weighted by Gasteiger charge is -2.04. The van der Waals surface area contributed by atoms with Gasteiger partial charge < -0.3 is 9.47 Å². The molecule has 3 heteroatoms. The van der Waals surface area contributed by atoms with Gasteiger partial charge in [-0.3, -0.25) is 0 Å². The van der Waals surface area contributed by atoms with Gasteiger partial charge in [-0.2, -0.15) is 0 Å². The molecule has 0 aromatic rings. The van der Waals surface area contributed by atoms with Gasteiger partial charge in [-0.25, -0.2) is 4.79 Å². The summed E-state index contributed by atoms with van der Waals surface area (Å²) in [7, 11) is 1.75. The first-order valence-electron chi connectivity index (χ1n) is 7.00. The van der Waals surface area contributed by atoms with E-state index in [9.17, 15) is 4.79 Å². The maximum absolute atomic E-state index is 11.1. The van der Waals surface area contributed by atoms with Crippen LogP contribution in [0.4, 0.5) is 0 Å². The molecule has 0 heterocycles. The highest BCUT2D eigenvalue weighted by atomic mass is 16.5. The monoisotopic (exact) mass is 256 g/mol. The minimum absolute atomic E-state index is 0.270. The summed E-state index contributed by atoms with van der Waals surface area (Å²) in [5, 5.41) is 0. The SMILES string of the molecule is C=C(C)C(=O)OCCCCCCCCCCOC. The summed E-state index contributed by atoms with van der Waals surface area (Å²) in [5.74, 6) is -0.270. The fourth-order valence-electron chi connectivity index (χ4n) is 1.70. The largest absolute Gasteiger partial charge is 0.462 e. The smallest absolute Gasteiger partial charge is 0.333 e. The second-order valence-electron chi connectivity index (χ2n) is 4.74. The van der Waals surface area contributed by atoms with E-state index in [-0.39, 0.29) is 5.97 Å². The Morgan fingerprint density at radius 3 is 1.78 bits per heavy atom. The third-order valence-corrected chi connectivity index (χ3v) is 2.82. The van der Waals surface area contributed by atoms with Crippen LogP contribution in [0.25, 0.3) is 0 Å². The molecular formula is C15H28O3. The fraction of sp³-hybridized carbons (Fsp3) is 0.800. The van der Waals surface area contributed by atoms with Crippen molar-refractivity contribution in [2.24, 2.45) is 0 Å². The van der Waals surface area contributed by atoms with Crippen molar-refractivity contribution < 1.29 is 14.3 Å². The molecule has 0 N–H and O–H groups in total. The maximum Gasteiger partial charge on any atom is 0.333 e. The lowest BCUT2D eigenvalue weighted by molar-refractivity contribution is -0.139. The van der Waals surface area contributed by atoms with E-state index >= 15 is 0 Å². The molecule has 0 radical (unpaired) electrons. The van der Waals surface area contributed by atoms with Gasteiger partial charge in [0.05, 0.1) is 6.61 Å². The molecule has 0 spiro atoms. The number of ether oxygens (including phenoxy) is 2. The third-order valence-electron chi connectivity index (χ3n) is 2.82. The van der Waals surface area contributed by atoms with E-state index in [2.05, 4.69) is 6.58 Å². The molecule has 0 aliphatic carbocycles. The minimum Gasteiger partial charge on any atom is -0.462 e. The van der Waals surface area contributed by atoms with Gasteiger partial charge in [-0.15, -0.1) is 0 Å². The van der Waals surface area contributed by atoms with Gasteiger partial charge in [0.2, 0.25) is 0 Å². The van der Waals surface area contributed by atoms with Crippen molar-refractivity contribution >= 4 is 5.97 Å². The first kappa shape index (κ1) is 17.2. The Labute approximate surface area is 112 Å². The highest BCUT2D eigenvalue weighted by Gasteiger charge is 2.01. The van der Waals surface area contributed by atoms with E-state index in [1.165, 1.54) is 38.5 Å². The minimum atomic E-state index is -0.270. The molecule has 0 aliphatic rings. The van der Waals surface area contributed by atoms with Crippen LogP contribution in [0.2, 0.25) is 0 Å². The van der Waals surface area contributed by atoms with Crippen molar-refractivity contribution in [3.8, 4) is 0 Å². The van der Waals surface area contributed by atoms with E-state index in [1.54, 1.807) is 14.0 Å². The zero-order valence-electron chi connectivity index (χ0n) is 12.0. The average Bonchev–Trinajstić information content (AvgIpc) is 2.35. The van der Waals surface area contributed by atoms with Crippen molar-refractivity contribution in [3.05, 3.63) is 12.2 Å². The molecule has 0 saturated heterocycles. The van der Waals surface area contributed by atoms with Crippen molar-refractivity contribution in [1.82, 2.24) is 0 Å². The van der Waals surface area contributed by atoms with E-state index in [0.29, 0.717) is 12.2 Å². The zero-order chi connectivity index (χ0) is 13.6. The molecule has 0 unspecified atom stereocenters. The van der Waals surface area contributed by atoms with Crippen LogP contribution in [-0.2, 0) is 14.3 Å². The summed E-state index contributed by atoms with van der Waals surface area (Å²) in [6.45, 7) is 6.62. The number of hydrogen-bond donors (Lipinski definition) is 0. The number of esters is 1. The number of carbonyl (C=O) groups is 1. The molecule has 0 aliphatic heterocycles. The van der Waals surface area contributed by atoms with Gasteiger partial charge in [0.15, 0.2) is 0 Å². The molecule has 18 heavy (non-hydrogen) atoms. The van der Waals surface area contributed by atoms with E-state index in [0.717, 1.165) is 19.4 Å². The fourth-order valence-corrected chi connectivity index (χ4v) is 1.70. The van der Waals surface area contributed by atoms with Crippen LogP contribution in [0, 0.1) is 0 Å². The molecule has 0 bridgehead atoms. The zero-order valence-corrected chi connectivity index (χ0v) is 12.0. The van der Waals surface area contributed by atoms with E-state index in [1.807, 2.05) is 0 Å². The molecule has 0 saturated carbocycles. The van der Waals surface area contributed by atoms with Crippen LogP contribution >= 0.6 is 0 Å². The van der Waals surface area contributed by atoms with Crippen LogP contribution in [0.5, 0.6) is 0 Å². The van der Waals surface area contributed by atoms with Crippen LogP contribution in [-0.4, -0.2) is 26.3 Å². The number of hydrogen-bond acceptors (Lipinski definition) is 3. The number of unbranched alkanes of at least 4 members (excludes halogenated alkanes) is 7. The summed E-state index contributed by atoms with van der Waals surface area (Å²) in [6, 6.07) is 0. The first-order chi connectivity index (χ1) is 8.68. The highest BCUT2D eigenvalue weighted by Crippen LogP contribution is 2.08. The van der Waals surface area contributed by atoms with Gasteiger partial charge in [0, 0.05) is 19.3 Å². The lowest BCUT2D eigenvalue weighted by Crippen LogP contribution is -2.05. The van der Waals surface area contributed by atoms with Gasteiger partial charge in [-0.1, -0.05) is 45.1 Å². The summed E-state index contributed by atoms with van der Waals surface area (Å²) >= 11 is 0. The molecule has 0 rings (SSSR count). The second kappa shape index (κ2) is 12.6. The Kier molecular flexibility index (Phi) is 12.0. The van der Waals surface area contributed by atoms with Gasteiger partial charge in [0.25, 0.3) is 0 Å². The predicted octanol–water partition coefficient (Wildman–Crippen LogP) is 3.87. The number of carbonyl (C=O) groups excluding carboxylic acids is 1. The van der Waals surface area contributed by atoms with Crippen molar-refractivity contribution in [2.75, 3.05) is 20.3 Å². The van der Waals surface area contributed by atoms with Crippen molar-refractivity contribution in [2.45, 2.75) is 58.3 Å². The molecule has 106 valence electrons. The topological polar surface area (TPSA) is 35.5 Å². The lowest BCUT2D eigenvalue weighted by atomic mass is 10.1. The Morgan fingerprint density at radius 2 is 1.33 bits per heavy atom. The molecular weight excluding hydrogens is 228 g/mol. The van der Waals surface area contributed by atoms with Crippen LogP contribution < -0.4 is 0 Å². The summed E-state index contributed by atoms with van der Waals surface area (Å²) in [4.78, 5) is 11.1. The predicted molar refractivity (Wildman–Crippen MR) is 74.6 cm³/mol. The molecule has 0 aromatic carbocycles. The standard InChI is InChI=1S/C15H28O3/c1-14(2)15(16)18-13-11-9-7-5-4-6-8-10-12-17-3/h1,4-13H2,2-3H3. The number of methoxy groups -OCH3 is 1. The molecule has 0 aromatic heterocycles. The van der Waals surface area contributed by atoms with Crippen molar-refractivity contribution in [3.63, 3.8) is 0 Å². The molecule has 0 fully saturated rings. The normalized spacial score (nSPS) is 10.3. The first-order valence-corrected chi connectivity index (χ1v) is 7.00. The second-order valence-corrected chi connectivity index (χ2v) is 4.74. The Balaban J connectivity index is 3.07. The maximum atomic E-state index is 11.1. The Bertz CT molecular complexity index is 224. The number of rotatable bonds is 12. The van der Waals surface area contributed by atoms with Crippen LogP contribution in [0.15, 0.2) is 12.2 Å². The Morgan fingerprint density at radius 1 is 0.889 bits per heavy atom. The van der Waals surface area contributed by atoms with Crippen molar-refractivity contribution in [1.29, 1.82) is 0 Å². The molecule has 0 atom stereocenters. The van der Waals surface area contributed by atoms with Gasteiger partial charge >= 0.3 is 5.97 Å². The van der Waals surface area contributed by atoms with Gasteiger partial charge in [-0.05, 0) is 19.8 Å².